The first-order valence-electron chi connectivity index (χ1n) is 9.85. The number of aryl methyl sites for hydroxylation is 2. The van der Waals surface area contributed by atoms with Crippen molar-refractivity contribution in [1.82, 2.24) is 20.4 Å². The van der Waals surface area contributed by atoms with Crippen molar-refractivity contribution in [2.75, 3.05) is 19.6 Å². The molecular formula is C21H28N4O3. The van der Waals surface area contributed by atoms with Crippen molar-refractivity contribution >= 4 is 11.8 Å². The van der Waals surface area contributed by atoms with Crippen molar-refractivity contribution in [3.8, 4) is 0 Å². The van der Waals surface area contributed by atoms with E-state index < -0.39 is 0 Å². The molecule has 7 nitrogen and oxygen atoms in total. The van der Waals surface area contributed by atoms with Gasteiger partial charge in [-0.2, -0.15) is 0 Å². The molecule has 2 aromatic rings. The van der Waals surface area contributed by atoms with Gasteiger partial charge in [-0.1, -0.05) is 18.1 Å². The Labute approximate surface area is 165 Å². The number of likely N-dealkylation sites (tertiary alicyclic amines) is 1. The van der Waals surface area contributed by atoms with Crippen molar-refractivity contribution in [3.05, 3.63) is 47.1 Å². The molecule has 1 atom stereocenters. The lowest BCUT2D eigenvalue weighted by Crippen LogP contribution is -2.42. The molecule has 0 radical (unpaired) electrons. The van der Waals surface area contributed by atoms with Gasteiger partial charge in [0.2, 0.25) is 5.91 Å². The lowest BCUT2D eigenvalue weighted by atomic mass is 9.93. The van der Waals surface area contributed by atoms with Crippen LogP contribution in [-0.4, -0.2) is 46.5 Å². The highest BCUT2D eigenvalue weighted by Gasteiger charge is 2.26. The van der Waals surface area contributed by atoms with Crippen LogP contribution in [0.2, 0.25) is 0 Å². The third-order valence-corrected chi connectivity index (χ3v) is 5.48. The van der Waals surface area contributed by atoms with Crippen LogP contribution in [0.25, 0.3) is 0 Å². The highest BCUT2D eigenvalue weighted by Crippen LogP contribution is 2.27. The minimum Gasteiger partial charge on any atom is -0.361 e. The molecule has 2 amide bonds. The summed E-state index contributed by atoms with van der Waals surface area (Å²) >= 11 is 0. The average molecular weight is 384 g/mol. The number of hydrogen-bond donors (Lipinski definition) is 1. The van der Waals surface area contributed by atoms with Crippen LogP contribution in [0.4, 0.5) is 0 Å². The van der Waals surface area contributed by atoms with E-state index in [1.165, 1.54) is 0 Å². The summed E-state index contributed by atoms with van der Waals surface area (Å²) in [6.45, 7) is 7.93. The van der Waals surface area contributed by atoms with Crippen LogP contribution in [0.1, 0.15) is 59.6 Å². The number of nitrogens with one attached hydrogen (secondary N) is 1. The van der Waals surface area contributed by atoms with Crippen LogP contribution in [0.15, 0.2) is 28.9 Å². The summed E-state index contributed by atoms with van der Waals surface area (Å²) in [7, 11) is 0. The Morgan fingerprint density at radius 2 is 2.04 bits per heavy atom. The van der Waals surface area contributed by atoms with Gasteiger partial charge in [-0.15, -0.1) is 0 Å². The fourth-order valence-corrected chi connectivity index (χ4v) is 3.90. The van der Waals surface area contributed by atoms with Gasteiger partial charge in [-0.25, -0.2) is 0 Å². The summed E-state index contributed by atoms with van der Waals surface area (Å²) in [4.78, 5) is 30.8. The first kappa shape index (κ1) is 20.0. The summed E-state index contributed by atoms with van der Waals surface area (Å²) in [6.07, 6.45) is 3.87. The van der Waals surface area contributed by atoms with Gasteiger partial charge in [0.15, 0.2) is 0 Å². The molecule has 0 spiro atoms. The first-order valence-corrected chi connectivity index (χ1v) is 9.85. The summed E-state index contributed by atoms with van der Waals surface area (Å²) in [5.41, 5.74) is 2.34. The van der Waals surface area contributed by atoms with Crippen LogP contribution < -0.4 is 5.32 Å². The highest BCUT2D eigenvalue weighted by atomic mass is 16.5. The standard InChI is InChI=1S/C21H28N4O3/c1-14(20-15(2)24-28-16(20)3)12-19(26)25-10-7-17(8-11-25)13-23-21(27)18-6-4-5-9-22-18/h4-6,9,14,17H,7-8,10-13H2,1-3H3,(H,23,27). The number of amides is 2. The largest absolute Gasteiger partial charge is 0.361 e. The number of carbonyl (C=O) groups is 2. The maximum Gasteiger partial charge on any atom is 0.269 e. The quantitative estimate of drug-likeness (QED) is 0.827. The molecule has 1 aliphatic rings. The molecule has 0 aliphatic carbocycles. The minimum absolute atomic E-state index is 0.0918. The second-order valence-corrected chi connectivity index (χ2v) is 7.59. The molecule has 3 heterocycles. The van der Waals surface area contributed by atoms with E-state index >= 15 is 0 Å². The molecule has 1 N–H and O–H groups in total. The van der Waals surface area contributed by atoms with Gasteiger partial charge in [0.05, 0.1) is 5.69 Å². The Morgan fingerprint density at radius 3 is 2.64 bits per heavy atom. The Morgan fingerprint density at radius 1 is 1.29 bits per heavy atom. The Hall–Kier alpha value is -2.70. The number of pyridine rings is 1. The summed E-state index contributed by atoms with van der Waals surface area (Å²) in [6, 6.07) is 5.29. The predicted octanol–water partition coefficient (Wildman–Crippen LogP) is 2.85. The molecule has 0 aromatic carbocycles. The van der Waals surface area contributed by atoms with Crippen molar-refractivity contribution < 1.29 is 14.1 Å². The van der Waals surface area contributed by atoms with E-state index in [0.29, 0.717) is 24.6 Å². The van der Waals surface area contributed by atoms with E-state index in [9.17, 15) is 9.59 Å². The zero-order valence-electron chi connectivity index (χ0n) is 16.8. The van der Waals surface area contributed by atoms with Crippen molar-refractivity contribution in [3.63, 3.8) is 0 Å². The predicted molar refractivity (Wildman–Crippen MR) is 105 cm³/mol. The van der Waals surface area contributed by atoms with E-state index in [0.717, 1.165) is 42.9 Å². The summed E-state index contributed by atoms with van der Waals surface area (Å²) < 4.78 is 5.22. The summed E-state index contributed by atoms with van der Waals surface area (Å²) in [5.74, 6) is 1.29. The monoisotopic (exact) mass is 384 g/mol. The number of hydrogen-bond acceptors (Lipinski definition) is 5. The van der Waals surface area contributed by atoms with Crippen LogP contribution in [0.5, 0.6) is 0 Å². The van der Waals surface area contributed by atoms with Crippen molar-refractivity contribution in [2.24, 2.45) is 5.92 Å². The zero-order chi connectivity index (χ0) is 20.1. The summed E-state index contributed by atoms with van der Waals surface area (Å²) in [5, 5.41) is 6.94. The second-order valence-electron chi connectivity index (χ2n) is 7.59. The number of carbonyl (C=O) groups excluding carboxylic acids is 2. The Balaban J connectivity index is 1.43. The fraction of sp³-hybridized carbons (Fsp3) is 0.524. The molecule has 1 fully saturated rings. The first-order chi connectivity index (χ1) is 13.5. The molecule has 0 saturated carbocycles. The van der Waals surface area contributed by atoms with Crippen molar-refractivity contribution in [2.45, 2.75) is 46.0 Å². The number of aromatic nitrogens is 2. The maximum atomic E-state index is 12.7. The number of piperidine rings is 1. The third-order valence-electron chi connectivity index (χ3n) is 5.48. The molecule has 28 heavy (non-hydrogen) atoms. The lowest BCUT2D eigenvalue weighted by Gasteiger charge is -2.32. The maximum absolute atomic E-state index is 12.7. The second kappa shape index (κ2) is 8.99. The molecule has 1 saturated heterocycles. The van der Waals surface area contributed by atoms with E-state index in [2.05, 4.69) is 15.5 Å². The van der Waals surface area contributed by atoms with E-state index in [4.69, 9.17) is 4.52 Å². The normalized spacial score (nSPS) is 16.0. The molecule has 1 aliphatic heterocycles. The smallest absolute Gasteiger partial charge is 0.269 e. The van der Waals surface area contributed by atoms with Gasteiger partial charge < -0.3 is 14.7 Å². The molecule has 1 unspecified atom stereocenters. The number of rotatable bonds is 6. The van der Waals surface area contributed by atoms with E-state index in [-0.39, 0.29) is 17.7 Å². The topological polar surface area (TPSA) is 88.3 Å². The molecule has 7 heteroatoms. The van der Waals surface area contributed by atoms with Crippen LogP contribution in [-0.2, 0) is 4.79 Å². The van der Waals surface area contributed by atoms with Gasteiger partial charge in [-0.05, 0) is 50.7 Å². The minimum atomic E-state index is -0.146. The lowest BCUT2D eigenvalue weighted by molar-refractivity contribution is -0.132. The van der Waals surface area contributed by atoms with E-state index in [1.807, 2.05) is 25.7 Å². The van der Waals surface area contributed by atoms with Gasteiger partial charge in [0, 0.05) is 37.8 Å². The highest BCUT2D eigenvalue weighted by molar-refractivity contribution is 5.92. The Bertz CT molecular complexity index is 791. The van der Waals surface area contributed by atoms with Gasteiger partial charge >= 0.3 is 0 Å². The molecule has 0 bridgehead atoms. The average Bonchev–Trinajstić information content (AvgIpc) is 3.05. The van der Waals surface area contributed by atoms with E-state index in [1.54, 1.807) is 24.4 Å². The Kier molecular flexibility index (Phi) is 6.44. The molecule has 3 rings (SSSR count). The number of nitrogens with zero attached hydrogens (tertiary/aromatic N) is 3. The van der Waals surface area contributed by atoms with Gasteiger partial charge in [0.1, 0.15) is 11.5 Å². The zero-order valence-corrected chi connectivity index (χ0v) is 16.8. The van der Waals surface area contributed by atoms with Gasteiger partial charge in [0.25, 0.3) is 5.91 Å². The van der Waals surface area contributed by atoms with Gasteiger partial charge in [-0.3, -0.25) is 14.6 Å². The van der Waals surface area contributed by atoms with Crippen LogP contribution >= 0.6 is 0 Å². The van der Waals surface area contributed by atoms with Crippen LogP contribution in [0.3, 0.4) is 0 Å². The fourth-order valence-electron chi connectivity index (χ4n) is 3.90. The van der Waals surface area contributed by atoms with Crippen LogP contribution in [0, 0.1) is 19.8 Å². The van der Waals surface area contributed by atoms with Crippen molar-refractivity contribution in [1.29, 1.82) is 0 Å². The molecule has 2 aromatic heterocycles. The molecule has 150 valence electrons. The SMILES string of the molecule is Cc1noc(C)c1C(C)CC(=O)N1CCC(CNC(=O)c2ccccn2)CC1. The molecular weight excluding hydrogens is 356 g/mol. The third kappa shape index (κ3) is 4.77.